The molecule has 10 heteroatoms. The van der Waals surface area contributed by atoms with Gasteiger partial charge in [0.25, 0.3) is 0 Å². The summed E-state index contributed by atoms with van der Waals surface area (Å²) >= 11 is -3.08. The number of pyridine rings is 2. The van der Waals surface area contributed by atoms with E-state index in [1.807, 2.05) is 84.9 Å². The first kappa shape index (κ1) is 33.0. The van der Waals surface area contributed by atoms with Crippen molar-refractivity contribution >= 4 is 31.8 Å². The number of hydrogen-bond acceptors (Lipinski definition) is 7. The summed E-state index contributed by atoms with van der Waals surface area (Å²) in [5.74, 6) is 2.36. The van der Waals surface area contributed by atoms with Gasteiger partial charge in [-0.05, 0) is 0 Å². The summed E-state index contributed by atoms with van der Waals surface area (Å²) in [6, 6.07) is 45.0. The fraction of sp³-hybridized carbons (Fsp3) is 0. The summed E-state index contributed by atoms with van der Waals surface area (Å²) in [6.07, 6.45) is 6.81. The minimum atomic E-state index is -3.08. The predicted octanol–water partition coefficient (Wildman–Crippen LogP) is 5.27. The van der Waals surface area contributed by atoms with E-state index in [9.17, 15) is 0 Å². The first-order valence-electron chi connectivity index (χ1n) is 14.1. The molecule has 0 amide bonds. The van der Waals surface area contributed by atoms with Gasteiger partial charge in [-0.2, -0.15) is 0 Å². The standard InChI is InChI=1S/C34H18N2O2.C3H2N3.Bi.2Pt/c1-3-21-35-33(11-1)27-7-5-9-31(23-27)37-29-17-13-25(14-18-29)26-15-19-30(20-16-26)38-32-10-6-8-28(24-32)34-12-2-4-22-36-34;1-2-5-6-3-4-1;;;/h1-13,15,17,19,21-22H;1-2H;;;/q-4;;;2*+2. The van der Waals surface area contributed by atoms with Crippen LogP contribution >= 0.6 is 0 Å². The fourth-order valence-corrected chi connectivity index (χ4v) is 13.9. The number of fused-ring (bicyclic) bond motifs is 3. The van der Waals surface area contributed by atoms with Gasteiger partial charge in [-0.3, -0.25) is 0 Å². The van der Waals surface area contributed by atoms with Crippen LogP contribution in [0.15, 0.2) is 122 Å². The van der Waals surface area contributed by atoms with Crippen LogP contribution in [0.1, 0.15) is 0 Å². The van der Waals surface area contributed by atoms with Crippen molar-refractivity contribution in [1.29, 1.82) is 0 Å². The van der Waals surface area contributed by atoms with Gasteiger partial charge in [-0.25, -0.2) is 0 Å². The number of hydrogen-bond donors (Lipinski definition) is 0. The van der Waals surface area contributed by atoms with E-state index in [4.69, 9.17) is 9.47 Å². The second-order valence-electron chi connectivity index (χ2n) is 9.94. The van der Waals surface area contributed by atoms with Crippen molar-refractivity contribution < 1.29 is 51.6 Å². The van der Waals surface area contributed by atoms with E-state index in [0.717, 1.165) is 43.7 Å². The van der Waals surface area contributed by atoms with Crippen LogP contribution in [0.25, 0.3) is 33.6 Å². The third-order valence-electron chi connectivity index (χ3n) is 7.06. The summed E-state index contributed by atoms with van der Waals surface area (Å²) < 4.78 is 15.5. The van der Waals surface area contributed by atoms with E-state index in [2.05, 4.69) is 61.5 Å². The fourth-order valence-electron chi connectivity index (χ4n) is 5.08. The van der Waals surface area contributed by atoms with Gasteiger partial charge in [-0.1, -0.05) is 0 Å². The molecule has 0 unspecified atom stereocenters. The van der Waals surface area contributed by atoms with E-state index in [0.29, 0.717) is 23.0 Å². The Morgan fingerprint density at radius 1 is 0.468 bits per heavy atom. The molecule has 0 saturated heterocycles. The number of rotatable bonds is 7. The predicted molar refractivity (Wildman–Crippen MR) is 171 cm³/mol. The first-order chi connectivity index (χ1) is 22.3. The zero-order chi connectivity index (χ0) is 30.0. The molecule has 7 aromatic rings. The van der Waals surface area contributed by atoms with Gasteiger partial charge >= 0.3 is 311 Å². The van der Waals surface area contributed by atoms with Gasteiger partial charge in [0.15, 0.2) is 0 Å². The molecule has 0 N–H and O–H groups in total. The van der Waals surface area contributed by atoms with Gasteiger partial charge < -0.3 is 0 Å². The number of ether oxygens (including phenoxy) is 2. The van der Waals surface area contributed by atoms with Crippen LogP contribution in [0.5, 0.6) is 23.0 Å². The molecule has 8 rings (SSSR count). The van der Waals surface area contributed by atoms with Crippen molar-refractivity contribution in [3.63, 3.8) is 0 Å². The van der Waals surface area contributed by atoms with Crippen LogP contribution < -0.4 is 19.5 Å². The Morgan fingerprint density at radius 3 is 1.47 bits per heavy atom. The Morgan fingerprint density at radius 2 is 1.00 bits per heavy atom. The van der Waals surface area contributed by atoms with Crippen LogP contribution in [0.4, 0.5) is 0 Å². The molecule has 0 radical (unpaired) electrons. The molecule has 0 aliphatic carbocycles. The van der Waals surface area contributed by atoms with E-state index < -0.39 is 21.8 Å². The molecule has 0 bridgehead atoms. The molecule has 3 aromatic heterocycles. The van der Waals surface area contributed by atoms with E-state index in [1.54, 1.807) is 24.8 Å². The summed E-state index contributed by atoms with van der Waals surface area (Å²) in [6.45, 7) is 0. The zero-order valence-corrected chi connectivity index (χ0v) is 32.2. The molecule has 4 aromatic carbocycles. The molecule has 0 saturated carbocycles. The molecule has 0 spiro atoms. The SMILES string of the molecule is [Pt+2].[Pt+2].[c-]1c(Oc2[c-][c]3c(cc2)-c2ccc(Oc4[c-]c(-c5ccccn5)ccc4)[c-][c]2[Bi]3[c]2nccnn2)cccc1-c1ccccn1. The maximum absolute atomic E-state index is 6.29. The quantitative estimate of drug-likeness (QED) is 0.159. The van der Waals surface area contributed by atoms with Gasteiger partial charge in [-0.15, -0.1) is 0 Å². The number of benzene rings is 4. The van der Waals surface area contributed by atoms with Crippen molar-refractivity contribution in [3.8, 4) is 56.6 Å². The van der Waals surface area contributed by atoms with E-state index >= 15 is 0 Å². The average Bonchev–Trinajstić information content (AvgIpc) is 3.42. The Hall–Kier alpha value is -3.95. The molecular weight excluding hydrogens is 1150 g/mol. The Balaban J connectivity index is 0.00000193. The second-order valence-corrected chi connectivity index (χ2v) is 17.6. The molecule has 230 valence electrons. The van der Waals surface area contributed by atoms with Crippen LogP contribution in [0, 0.1) is 24.3 Å². The third-order valence-corrected chi connectivity index (χ3v) is 15.6. The molecule has 0 fully saturated rings. The van der Waals surface area contributed by atoms with Crippen molar-refractivity contribution in [2.45, 2.75) is 0 Å². The summed E-state index contributed by atoms with van der Waals surface area (Å²) in [4.78, 5) is 13.5. The van der Waals surface area contributed by atoms with E-state index in [-0.39, 0.29) is 42.1 Å². The van der Waals surface area contributed by atoms with Gasteiger partial charge in [0.1, 0.15) is 0 Å². The van der Waals surface area contributed by atoms with E-state index in [1.165, 1.54) is 0 Å². The van der Waals surface area contributed by atoms with Crippen molar-refractivity contribution in [1.82, 2.24) is 25.1 Å². The van der Waals surface area contributed by atoms with Gasteiger partial charge in [0, 0.05) is 0 Å². The first-order valence-corrected chi connectivity index (χ1v) is 19.3. The van der Waals surface area contributed by atoms with Crippen LogP contribution in [-0.4, -0.2) is 46.9 Å². The van der Waals surface area contributed by atoms with Gasteiger partial charge in [0.05, 0.1) is 0 Å². The average molecular weight is 1170 g/mol. The summed E-state index contributed by atoms with van der Waals surface area (Å²) in [5.41, 5.74) is 5.53. The van der Waals surface area contributed by atoms with Crippen LogP contribution in [-0.2, 0) is 42.1 Å². The van der Waals surface area contributed by atoms with Crippen molar-refractivity contribution in [3.05, 3.63) is 146 Å². The Bertz CT molecular complexity index is 2010. The van der Waals surface area contributed by atoms with Gasteiger partial charge in [0.2, 0.25) is 0 Å². The molecule has 47 heavy (non-hydrogen) atoms. The van der Waals surface area contributed by atoms with Crippen molar-refractivity contribution in [2.24, 2.45) is 0 Å². The molecule has 7 nitrogen and oxygen atoms in total. The Labute approximate surface area is 308 Å². The molecular formula is C37H20BiN5O2Pt2. The Kier molecular flexibility index (Phi) is 10.4. The topological polar surface area (TPSA) is 82.9 Å². The number of nitrogens with zero attached hydrogens (tertiary/aromatic N) is 5. The normalized spacial score (nSPS) is 11.4. The molecule has 1 aliphatic rings. The number of aromatic nitrogens is 5. The van der Waals surface area contributed by atoms with Crippen LogP contribution in [0.2, 0.25) is 0 Å². The zero-order valence-electron chi connectivity index (χ0n) is 24.2. The van der Waals surface area contributed by atoms with Crippen molar-refractivity contribution in [2.75, 3.05) is 0 Å². The third kappa shape index (κ3) is 7.02. The molecule has 4 heterocycles. The maximum atomic E-state index is 6.29. The van der Waals surface area contributed by atoms with Crippen LogP contribution in [0.3, 0.4) is 0 Å². The second kappa shape index (κ2) is 14.9. The summed E-state index contributed by atoms with van der Waals surface area (Å²) in [5, 5.41) is 8.62. The summed E-state index contributed by atoms with van der Waals surface area (Å²) in [7, 11) is 0. The minimum absolute atomic E-state index is 0. The molecule has 0 atom stereocenters. The molecule has 1 aliphatic heterocycles. The monoisotopic (exact) mass is 1170 g/mol.